The highest BCUT2D eigenvalue weighted by Crippen LogP contribution is 2.35. The Morgan fingerprint density at radius 3 is 1.85 bits per heavy atom. The number of hydrogen-bond acceptors (Lipinski definition) is 3. The standard InChI is InChI=1S/C4H4Br2O2.H3O4P/c5-4(6)1-2-8-3(4)7;1-5(2,3)4/h1-2H2;(H3,1,2,3,4). The lowest BCUT2D eigenvalue weighted by Crippen LogP contribution is -2.16. The van der Waals surface area contributed by atoms with Crippen LogP contribution >= 0.6 is 39.7 Å². The third-order valence-corrected chi connectivity index (χ3v) is 2.39. The van der Waals surface area contributed by atoms with Gasteiger partial charge in [0, 0.05) is 6.42 Å². The van der Waals surface area contributed by atoms with Crippen molar-refractivity contribution in [2.45, 2.75) is 9.65 Å². The molecule has 6 nitrogen and oxygen atoms in total. The zero-order valence-corrected chi connectivity index (χ0v) is 10.3. The fourth-order valence-corrected chi connectivity index (χ4v) is 1.03. The number of cyclic esters (lactones) is 1. The molecule has 0 amide bonds. The van der Waals surface area contributed by atoms with Crippen LogP contribution in [0.15, 0.2) is 0 Å². The Hall–Kier alpha value is 0.540. The molecular weight excluding hydrogens is 335 g/mol. The normalized spacial score (nSPS) is 20.2. The summed E-state index contributed by atoms with van der Waals surface area (Å²) in [6.45, 7) is 0.509. The van der Waals surface area contributed by atoms with Gasteiger partial charge in [-0.2, -0.15) is 0 Å². The molecule has 1 aliphatic heterocycles. The average molecular weight is 342 g/mol. The minimum atomic E-state index is -4.64. The van der Waals surface area contributed by atoms with E-state index >= 15 is 0 Å². The van der Waals surface area contributed by atoms with Crippen molar-refractivity contribution in [1.82, 2.24) is 0 Å². The number of ether oxygens (including phenoxy) is 1. The third-order valence-electron chi connectivity index (χ3n) is 0.948. The second-order valence-electron chi connectivity index (χ2n) is 2.10. The maximum absolute atomic E-state index is 10.6. The number of esters is 1. The fourth-order valence-electron chi connectivity index (χ4n) is 0.480. The van der Waals surface area contributed by atoms with Gasteiger partial charge in [0.2, 0.25) is 0 Å². The van der Waals surface area contributed by atoms with Gasteiger partial charge >= 0.3 is 13.8 Å². The lowest BCUT2D eigenvalue weighted by Gasteiger charge is -2.02. The summed E-state index contributed by atoms with van der Waals surface area (Å²) in [5, 5.41) is 0. The zero-order chi connectivity index (χ0) is 10.7. The van der Waals surface area contributed by atoms with E-state index in [1.54, 1.807) is 0 Å². The molecule has 0 aromatic carbocycles. The molecule has 0 unspecified atom stereocenters. The van der Waals surface area contributed by atoms with Crippen LogP contribution in [0.2, 0.25) is 0 Å². The van der Waals surface area contributed by atoms with Crippen LogP contribution in [0.3, 0.4) is 0 Å². The Bertz CT molecular complexity index is 227. The number of carbonyl (C=O) groups excluding carboxylic acids is 1. The molecule has 0 bridgehead atoms. The van der Waals surface area contributed by atoms with Gasteiger partial charge in [0.05, 0.1) is 6.61 Å². The van der Waals surface area contributed by atoms with Crippen molar-refractivity contribution in [1.29, 1.82) is 0 Å². The van der Waals surface area contributed by atoms with Gasteiger partial charge in [0.25, 0.3) is 0 Å². The van der Waals surface area contributed by atoms with Gasteiger partial charge in [-0.1, -0.05) is 31.9 Å². The molecule has 0 aliphatic carbocycles. The SMILES string of the molecule is O=C1OCCC1(Br)Br.O=P(O)(O)O. The summed E-state index contributed by atoms with van der Waals surface area (Å²) in [6.07, 6.45) is 0.700. The van der Waals surface area contributed by atoms with E-state index in [1.165, 1.54) is 0 Å². The Morgan fingerprint density at radius 1 is 1.38 bits per heavy atom. The van der Waals surface area contributed by atoms with Crippen molar-refractivity contribution >= 4 is 45.7 Å². The molecule has 0 atom stereocenters. The molecule has 0 saturated carbocycles. The molecule has 3 N–H and O–H groups in total. The van der Waals surface area contributed by atoms with Gasteiger partial charge in [0.15, 0.2) is 3.23 Å². The lowest BCUT2D eigenvalue weighted by atomic mass is 10.4. The van der Waals surface area contributed by atoms with Crippen LogP contribution in [0.1, 0.15) is 6.42 Å². The molecule has 1 aliphatic rings. The predicted molar refractivity (Wildman–Crippen MR) is 50.4 cm³/mol. The van der Waals surface area contributed by atoms with Gasteiger partial charge in [-0.05, 0) is 0 Å². The van der Waals surface area contributed by atoms with Crippen molar-refractivity contribution < 1.29 is 28.8 Å². The largest absolute Gasteiger partial charge is 0.466 e. The maximum Gasteiger partial charge on any atom is 0.466 e. The molecule has 9 heteroatoms. The van der Waals surface area contributed by atoms with E-state index in [9.17, 15) is 4.79 Å². The molecule has 1 heterocycles. The fraction of sp³-hybridized carbons (Fsp3) is 0.750. The zero-order valence-electron chi connectivity index (χ0n) is 6.18. The van der Waals surface area contributed by atoms with E-state index in [1.807, 2.05) is 0 Å². The molecule has 0 spiro atoms. The molecule has 0 radical (unpaired) electrons. The van der Waals surface area contributed by atoms with Crippen LogP contribution in [0.25, 0.3) is 0 Å². The monoisotopic (exact) mass is 340 g/mol. The minimum absolute atomic E-state index is 0.225. The quantitative estimate of drug-likeness (QED) is 0.336. The maximum atomic E-state index is 10.6. The average Bonchev–Trinajstić information content (AvgIpc) is 2.07. The van der Waals surface area contributed by atoms with Gasteiger partial charge in [-0.3, -0.25) is 0 Å². The number of halogens is 2. The molecular formula is C4H7Br2O6P. The van der Waals surface area contributed by atoms with Crippen molar-refractivity contribution in [3.63, 3.8) is 0 Å². The van der Waals surface area contributed by atoms with Crippen LogP contribution in [-0.4, -0.2) is 30.5 Å². The van der Waals surface area contributed by atoms with Crippen LogP contribution in [0.4, 0.5) is 0 Å². The van der Waals surface area contributed by atoms with E-state index < -0.39 is 11.1 Å². The molecule has 13 heavy (non-hydrogen) atoms. The summed E-state index contributed by atoms with van der Waals surface area (Å²) in [7, 11) is -4.64. The van der Waals surface area contributed by atoms with Gasteiger partial charge in [-0.25, -0.2) is 9.36 Å². The first-order chi connectivity index (χ1) is 5.63. The third kappa shape index (κ3) is 7.60. The van der Waals surface area contributed by atoms with Crippen LogP contribution in [0, 0.1) is 0 Å². The van der Waals surface area contributed by atoms with E-state index in [2.05, 4.69) is 36.6 Å². The molecule has 0 aromatic rings. The predicted octanol–water partition coefficient (Wildman–Crippen LogP) is 0.491. The number of phosphoric acid groups is 1. The highest BCUT2D eigenvalue weighted by atomic mass is 79.9. The number of carbonyl (C=O) groups is 1. The Kier molecular flexibility index (Phi) is 5.06. The van der Waals surface area contributed by atoms with Crippen molar-refractivity contribution in [3.05, 3.63) is 0 Å². The van der Waals surface area contributed by atoms with Crippen LogP contribution in [-0.2, 0) is 14.1 Å². The van der Waals surface area contributed by atoms with Gasteiger partial charge in [0.1, 0.15) is 0 Å². The van der Waals surface area contributed by atoms with E-state index in [4.69, 9.17) is 19.2 Å². The molecule has 78 valence electrons. The summed E-state index contributed by atoms with van der Waals surface area (Å²) >= 11 is 6.30. The second-order valence-corrected chi connectivity index (χ2v) is 6.90. The summed E-state index contributed by atoms with van der Waals surface area (Å²) in [5.41, 5.74) is 0. The van der Waals surface area contributed by atoms with Gasteiger partial charge < -0.3 is 19.4 Å². The first-order valence-corrected chi connectivity index (χ1v) is 6.11. The highest BCUT2D eigenvalue weighted by molar-refractivity contribution is 9.25. The smallest absolute Gasteiger partial charge is 0.464 e. The minimum Gasteiger partial charge on any atom is -0.464 e. The van der Waals surface area contributed by atoms with Crippen molar-refractivity contribution in [2.75, 3.05) is 6.61 Å². The number of hydrogen-bond donors (Lipinski definition) is 3. The Labute approximate surface area is 90.8 Å². The molecule has 0 aromatic heterocycles. The molecule has 1 rings (SSSR count). The second kappa shape index (κ2) is 4.86. The summed E-state index contributed by atoms with van der Waals surface area (Å²) < 4.78 is 12.9. The van der Waals surface area contributed by atoms with Crippen molar-refractivity contribution in [2.24, 2.45) is 0 Å². The van der Waals surface area contributed by atoms with Crippen LogP contribution < -0.4 is 0 Å². The molecule has 1 saturated heterocycles. The number of rotatable bonds is 0. The summed E-state index contributed by atoms with van der Waals surface area (Å²) in [5.74, 6) is -0.225. The first-order valence-electron chi connectivity index (χ1n) is 2.96. The Morgan fingerprint density at radius 2 is 1.77 bits per heavy atom. The Balaban J connectivity index is 0.000000252. The van der Waals surface area contributed by atoms with E-state index in [-0.39, 0.29) is 5.97 Å². The topological polar surface area (TPSA) is 104 Å². The van der Waals surface area contributed by atoms with Crippen molar-refractivity contribution in [3.8, 4) is 0 Å². The number of alkyl halides is 2. The van der Waals surface area contributed by atoms with E-state index in [0.717, 1.165) is 0 Å². The van der Waals surface area contributed by atoms with E-state index in [0.29, 0.717) is 13.0 Å². The summed E-state index contributed by atoms with van der Waals surface area (Å²) in [6, 6.07) is 0. The first kappa shape index (κ1) is 13.5. The highest BCUT2D eigenvalue weighted by Gasteiger charge is 2.39. The van der Waals surface area contributed by atoms with Gasteiger partial charge in [-0.15, -0.1) is 0 Å². The lowest BCUT2D eigenvalue weighted by molar-refractivity contribution is -0.137. The molecule has 1 fully saturated rings. The van der Waals surface area contributed by atoms with Crippen LogP contribution in [0.5, 0.6) is 0 Å². The summed E-state index contributed by atoms with van der Waals surface area (Å²) in [4.78, 5) is 32.1.